The highest BCUT2D eigenvalue weighted by Gasteiger charge is 2.34. The molecule has 3 nitrogen and oxygen atoms in total. The summed E-state index contributed by atoms with van der Waals surface area (Å²) >= 11 is 3.27. The maximum Gasteiger partial charge on any atom is 0.299 e. The van der Waals surface area contributed by atoms with Gasteiger partial charge in [0.2, 0.25) is 0 Å². The van der Waals surface area contributed by atoms with Crippen molar-refractivity contribution >= 4 is 33.3 Å². The van der Waals surface area contributed by atoms with Crippen molar-refractivity contribution in [3.8, 4) is 0 Å². The van der Waals surface area contributed by atoms with Crippen molar-refractivity contribution in [2.24, 2.45) is 0 Å². The molecule has 1 amide bonds. The van der Waals surface area contributed by atoms with Gasteiger partial charge in [-0.25, -0.2) is 0 Å². The Morgan fingerprint density at radius 2 is 2.13 bits per heavy atom. The van der Waals surface area contributed by atoms with Gasteiger partial charge in [0.25, 0.3) is 11.7 Å². The minimum Gasteiger partial charge on any atom is -0.301 e. The topological polar surface area (TPSA) is 37.4 Å². The van der Waals surface area contributed by atoms with Crippen molar-refractivity contribution in [1.29, 1.82) is 0 Å². The molecule has 0 aliphatic carbocycles. The molecule has 0 unspecified atom stereocenters. The van der Waals surface area contributed by atoms with E-state index in [0.717, 1.165) is 4.47 Å². The second-order valence-corrected chi connectivity index (χ2v) is 4.11. The minimum absolute atomic E-state index is 0.360. The number of Topliss-reactive ketones (excluding diaryl/α,β-unsaturated/α-hetero) is 1. The number of hydrogen-bond donors (Lipinski definition) is 0. The number of nitrogens with zero attached hydrogens (tertiary/aromatic N) is 1. The third-order valence-electron chi connectivity index (χ3n) is 2.25. The molecular formula is C11H8BrNO2. The Kier molecular flexibility index (Phi) is 2.44. The van der Waals surface area contributed by atoms with Crippen LogP contribution in [0.1, 0.15) is 10.4 Å². The Bertz CT molecular complexity index is 468. The summed E-state index contributed by atoms with van der Waals surface area (Å²) in [4.78, 5) is 24.6. The first kappa shape index (κ1) is 10.1. The zero-order valence-electron chi connectivity index (χ0n) is 7.87. The van der Waals surface area contributed by atoms with Gasteiger partial charge < -0.3 is 4.90 Å². The maximum atomic E-state index is 11.6. The molecule has 76 valence electrons. The van der Waals surface area contributed by atoms with E-state index in [4.69, 9.17) is 0 Å². The average Bonchev–Trinajstić information content (AvgIpc) is 2.44. The zero-order valence-corrected chi connectivity index (χ0v) is 9.45. The van der Waals surface area contributed by atoms with Crippen LogP contribution >= 0.6 is 15.9 Å². The van der Waals surface area contributed by atoms with Crippen molar-refractivity contribution in [2.75, 3.05) is 11.4 Å². The van der Waals surface area contributed by atoms with Crippen LogP contribution in [0, 0.1) is 0 Å². The van der Waals surface area contributed by atoms with Crippen molar-refractivity contribution in [3.63, 3.8) is 0 Å². The molecule has 0 aromatic heterocycles. The lowest BCUT2D eigenvalue weighted by atomic mass is 10.1. The van der Waals surface area contributed by atoms with Crippen LogP contribution in [0.25, 0.3) is 0 Å². The first-order valence-corrected chi connectivity index (χ1v) is 5.21. The van der Waals surface area contributed by atoms with E-state index in [9.17, 15) is 9.59 Å². The number of halogens is 1. The van der Waals surface area contributed by atoms with Crippen LogP contribution in [0.2, 0.25) is 0 Å². The Balaban J connectivity index is 2.55. The number of carbonyl (C=O) groups excluding carboxylic acids is 2. The van der Waals surface area contributed by atoms with Crippen molar-refractivity contribution < 1.29 is 9.59 Å². The highest BCUT2D eigenvalue weighted by molar-refractivity contribution is 9.10. The van der Waals surface area contributed by atoms with E-state index in [2.05, 4.69) is 22.5 Å². The SMILES string of the molecule is C=CCN1C(=O)C(=O)c2cc(Br)ccc21. The number of carbonyl (C=O) groups is 2. The molecular weight excluding hydrogens is 258 g/mol. The fraction of sp³-hybridized carbons (Fsp3) is 0.0909. The van der Waals surface area contributed by atoms with Crippen molar-refractivity contribution in [2.45, 2.75) is 0 Å². The number of benzene rings is 1. The van der Waals surface area contributed by atoms with Crippen LogP contribution < -0.4 is 4.90 Å². The molecule has 1 aliphatic rings. The summed E-state index contributed by atoms with van der Waals surface area (Å²) in [5.41, 5.74) is 1.12. The van der Waals surface area contributed by atoms with Gasteiger partial charge in [0.1, 0.15) is 0 Å². The highest BCUT2D eigenvalue weighted by atomic mass is 79.9. The van der Waals surface area contributed by atoms with Crippen LogP contribution in [0.5, 0.6) is 0 Å². The van der Waals surface area contributed by atoms with Crippen LogP contribution in [0.15, 0.2) is 35.3 Å². The Morgan fingerprint density at radius 3 is 2.80 bits per heavy atom. The van der Waals surface area contributed by atoms with Gasteiger partial charge in [-0.05, 0) is 18.2 Å². The smallest absolute Gasteiger partial charge is 0.299 e. The first-order valence-electron chi connectivity index (χ1n) is 4.42. The summed E-state index contributed by atoms with van der Waals surface area (Å²) in [5.74, 6) is -0.934. The Morgan fingerprint density at radius 1 is 1.40 bits per heavy atom. The molecule has 15 heavy (non-hydrogen) atoms. The normalized spacial score (nSPS) is 14.3. The van der Waals surface area contributed by atoms with Gasteiger partial charge >= 0.3 is 0 Å². The molecule has 0 fully saturated rings. The quantitative estimate of drug-likeness (QED) is 0.607. The summed E-state index contributed by atoms with van der Waals surface area (Å²) in [6.45, 7) is 3.92. The van der Waals surface area contributed by atoms with Gasteiger partial charge in [-0.1, -0.05) is 22.0 Å². The number of fused-ring (bicyclic) bond motifs is 1. The number of ketones is 1. The lowest BCUT2D eigenvalue weighted by Crippen LogP contribution is -2.29. The summed E-state index contributed by atoms with van der Waals surface area (Å²) in [7, 11) is 0. The van der Waals surface area contributed by atoms with Gasteiger partial charge in [0, 0.05) is 11.0 Å². The number of anilines is 1. The van der Waals surface area contributed by atoms with Gasteiger partial charge in [-0.15, -0.1) is 6.58 Å². The van der Waals surface area contributed by atoms with E-state index in [-0.39, 0.29) is 0 Å². The van der Waals surface area contributed by atoms with Crippen LogP contribution in [0.3, 0.4) is 0 Å². The largest absolute Gasteiger partial charge is 0.301 e. The molecule has 0 saturated carbocycles. The minimum atomic E-state index is -0.483. The van der Waals surface area contributed by atoms with Gasteiger partial charge in [-0.2, -0.15) is 0 Å². The number of hydrogen-bond acceptors (Lipinski definition) is 2. The van der Waals surface area contributed by atoms with Gasteiger partial charge in [0.15, 0.2) is 0 Å². The second-order valence-electron chi connectivity index (χ2n) is 3.20. The summed E-state index contributed by atoms with van der Waals surface area (Å²) in [6, 6.07) is 5.23. The standard InChI is InChI=1S/C11H8BrNO2/c1-2-5-13-9-4-3-7(12)6-8(9)10(14)11(13)15/h2-4,6H,1,5H2. The summed E-state index contributed by atoms with van der Waals surface area (Å²) < 4.78 is 0.794. The zero-order chi connectivity index (χ0) is 11.0. The van der Waals surface area contributed by atoms with E-state index in [1.54, 1.807) is 24.3 Å². The molecule has 0 radical (unpaired) electrons. The third-order valence-corrected chi connectivity index (χ3v) is 2.74. The lowest BCUT2D eigenvalue weighted by Gasteiger charge is -2.13. The van der Waals surface area contributed by atoms with Crippen LogP contribution in [-0.4, -0.2) is 18.2 Å². The Hall–Kier alpha value is -1.42. The molecule has 1 heterocycles. The maximum absolute atomic E-state index is 11.6. The van der Waals surface area contributed by atoms with E-state index < -0.39 is 11.7 Å². The van der Waals surface area contributed by atoms with Crippen LogP contribution in [-0.2, 0) is 4.79 Å². The molecule has 0 N–H and O–H groups in total. The van der Waals surface area contributed by atoms with Gasteiger partial charge in [-0.3, -0.25) is 9.59 Å². The number of rotatable bonds is 2. The molecule has 1 aliphatic heterocycles. The molecule has 2 rings (SSSR count). The first-order chi connectivity index (χ1) is 7.15. The van der Waals surface area contributed by atoms with Gasteiger partial charge in [0.05, 0.1) is 11.3 Å². The highest BCUT2D eigenvalue weighted by Crippen LogP contribution is 2.30. The molecule has 1 aromatic carbocycles. The fourth-order valence-electron chi connectivity index (χ4n) is 1.58. The van der Waals surface area contributed by atoms with E-state index in [0.29, 0.717) is 17.8 Å². The molecule has 0 saturated heterocycles. The summed E-state index contributed by atoms with van der Waals surface area (Å²) in [6.07, 6.45) is 1.60. The third kappa shape index (κ3) is 1.51. The predicted octanol–water partition coefficient (Wildman–Crippen LogP) is 2.16. The van der Waals surface area contributed by atoms with E-state index >= 15 is 0 Å². The van der Waals surface area contributed by atoms with Crippen LogP contribution in [0.4, 0.5) is 5.69 Å². The van der Waals surface area contributed by atoms with E-state index in [1.807, 2.05) is 0 Å². The fourth-order valence-corrected chi connectivity index (χ4v) is 1.94. The van der Waals surface area contributed by atoms with Crippen molar-refractivity contribution in [3.05, 3.63) is 40.9 Å². The summed E-state index contributed by atoms with van der Waals surface area (Å²) in [5, 5.41) is 0. The Labute approximate surface area is 95.5 Å². The number of amides is 1. The average molecular weight is 266 g/mol. The van der Waals surface area contributed by atoms with E-state index in [1.165, 1.54) is 4.90 Å². The molecule has 0 spiro atoms. The lowest BCUT2D eigenvalue weighted by molar-refractivity contribution is -0.114. The van der Waals surface area contributed by atoms with Crippen molar-refractivity contribution in [1.82, 2.24) is 0 Å². The molecule has 4 heteroatoms. The predicted molar refractivity (Wildman–Crippen MR) is 61.0 cm³/mol. The molecule has 0 atom stereocenters. The monoisotopic (exact) mass is 265 g/mol. The molecule has 1 aromatic rings. The second kappa shape index (κ2) is 3.62. The molecule has 0 bridgehead atoms.